The molecule has 1 N–H and O–H groups in total. The molecule has 0 atom stereocenters. The van der Waals surface area contributed by atoms with Gasteiger partial charge in [0, 0.05) is 17.3 Å². The third kappa shape index (κ3) is 6.54. The molecule has 4 nitrogen and oxygen atoms in total. The van der Waals surface area contributed by atoms with Crippen molar-refractivity contribution in [3.05, 3.63) is 119 Å². The fourth-order valence-electron chi connectivity index (χ4n) is 6.68. The molecule has 2 aromatic heterocycles. The van der Waals surface area contributed by atoms with Gasteiger partial charge >= 0.3 is 0 Å². The van der Waals surface area contributed by atoms with Gasteiger partial charge in [0.2, 0.25) is 0 Å². The van der Waals surface area contributed by atoms with Gasteiger partial charge in [-0.1, -0.05) is 125 Å². The highest BCUT2D eigenvalue weighted by atomic mass is 16.3. The number of fused-ring (bicyclic) bond motifs is 1. The third-order valence-corrected chi connectivity index (χ3v) is 9.59. The third-order valence-electron chi connectivity index (χ3n) is 9.59. The number of rotatable bonds is 5. The van der Waals surface area contributed by atoms with Gasteiger partial charge in [0.05, 0.1) is 28.0 Å². The Bertz CT molecular complexity index is 2160. The summed E-state index contributed by atoms with van der Waals surface area (Å²) < 4.78 is 2.33. The van der Waals surface area contributed by atoms with Gasteiger partial charge in [-0.3, -0.25) is 9.55 Å². The summed E-state index contributed by atoms with van der Waals surface area (Å²) in [5, 5.41) is 11.3. The molecular formula is C45H51N3O. The first-order chi connectivity index (χ1) is 22.9. The number of pyridine rings is 1. The maximum atomic E-state index is 11.3. The summed E-state index contributed by atoms with van der Waals surface area (Å²) in [5.41, 5.74) is 12.7. The number of hydrogen-bond acceptors (Lipinski definition) is 3. The first kappa shape index (κ1) is 34.2. The number of hydrogen-bond donors (Lipinski definition) is 1. The van der Waals surface area contributed by atoms with E-state index in [1.807, 2.05) is 24.4 Å². The topological polar surface area (TPSA) is 50.9 Å². The van der Waals surface area contributed by atoms with Crippen LogP contribution in [0.5, 0.6) is 5.75 Å². The van der Waals surface area contributed by atoms with Crippen molar-refractivity contribution in [2.24, 2.45) is 0 Å². The predicted molar refractivity (Wildman–Crippen MR) is 207 cm³/mol. The van der Waals surface area contributed by atoms with E-state index in [2.05, 4.69) is 147 Å². The number of benzene rings is 4. The lowest BCUT2D eigenvalue weighted by atomic mass is 9.82. The zero-order valence-electron chi connectivity index (χ0n) is 31.1. The first-order valence-corrected chi connectivity index (χ1v) is 17.5. The van der Waals surface area contributed by atoms with Crippen molar-refractivity contribution < 1.29 is 5.11 Å². The molecule has 4 aromatic carbocycles. The highest BCUT2D eigenvalue weighted by Gasteiger charge is 2.29. The monoisotopic (exact) mass is 649 g/mol. The van der Waals surface area contributed by atoms with Crippen molar-refractivity contribution in [1.82, 2.24) is 14.5 Å². The summed E-state index contributed by atoms with van der Waals surface area (Å²) in [6.07, 6.45) is 1.92. The van der Waals surface area contributed by atoms with Crippen LogP contribution in [0.25, 0.3) is 50.5 Å². The highest BCUT2D eigenvalue weighted by molar-refractivity contribution is 5.97. The molecule has 0 aliphatic rings. The average molecular weight is 650 g/mol. The lowest BCUT2D eigenvalue weighted by Gasteiger charge is -2.28. The van der Waals surface area contributed by atoms with Crippen LogP contribution in [-0.2, 0) is 16.2 Å². The number of aromatic nitrogens is 3. The van der Waals surface area contributed by atoms with Gasteiger partial charge in [-0.05, 0) is 92.4 Å². The fraction of sp³-hybridized carbons (Fsp3) is 0.333. The molecule has 0 saturated heterocycles. The number of aromatic hydroxyl groups is 1. The van der Waals surface area contributed by atoms with Crippen molar-refractivity contribution in [3.63, 3.8) is 0 Å². The van der Waals surface area contributed by atoms with E-state index in [-0.39, 0.29) is 27.9 Å². The molecule has 0 bridgehead atoms. The molecule has 4 heteroatoms. The molecule has 6 rings (SSSR count). The summed E-state index contributed by atoms with van der Waals surface area (Å²) in [6, 6.07) is 31.9. The Morgan fingerprint density at radius 2 is 1.31 bits per heavy atom. The summed E-state index contributed by atoms with van der Waals surface area (Å²) >= 11 is 0. The van der Waals surface area contributed by atoms with E-state index in [9.17, 15) is 5.11 Å². The molecule has 252 valence electrons. The van der Waals surface area contributed by atoms with Crippen molar-refractivity contribution in [3.8, 4) is 45.2 Å². The zero-order valence-corrected chi connectivity index (χ0v) is 31.1. The molecule has 0 radical (unpaired) electrons. The van der Waals surface area contributed by atoms with Crippen LogP contribution in [0.1, 0.15) is 104 Å². The van der Waals surface area contributed by atoms with Gasteiger partial charge in [-0.15, -0.1) is 0 Å². The van der Waals surface area contributed by atoms with Crippen LogP contribution in [0.4, 0.5) is 0 Å². The van der Waals surface area contributed by atoms with E-state index in [4.69, 9.17) is 9.97 Å². The molecule has 0 fully saturated rings. The predicted octanol–water partition coefficient (Wildman–Crippen LogP) is 12.1. The van der Waals surface area contributed by atoms with Gasteiger partial charge < -0.3 is 5.11 Å². The molecule has 6 aromatic rings. The lowest BCUT2D eigenvalue weighted by molar-refractivity contribution is 0.477. The van der Waals surface area contributed by atoms with Gasteiger partial charge in [0.25, 0.3) is 0 Å². The maximum absolute atomic E-state index is 11.3. The number of imidazole rings is 1. The Hall–Kier alpha value is -4.70. The molecule has 0 spiro atoms. The van der Waals surface area contributed by atoms with Crippen LogP contribution in [0.2, 0.25) is 0 Å². The number of nitrogens with zero attached hydrogens (tertiary/aromatic N) is 3. The van der Waals surface area contributed by atoms with Crippen molar-refractivity contribution in [2.75, 3.05) is 0 Å². The Morgan fingerprint density at radius 3 is 1.96 bits per heavy atom. The van der Waals surface area contributed by atoms with Crippen LogP contribution < -0.4 is 0 Å². The van der Waals surface area contributed by atoms with E-state index in [0.29, 0.717) is 5.56 Å². The van der Waals surface area contributed by atoms with Gasteiger partial charge in [-0.2, -0.15) is 0 Å². The first-order valence-electron chi connectivity index (χ1n) is 17.5. The molecule has 0 aliphatic carbocycles. The Labute approximate surface area is 292 Å². The zero-order chi connectivity index (χ0) is 35.5. The van der Waals surface area contributed by atoms with Crippen LogP contribution in [0.3, 0.4) is 0 Å². The molecule has 49 heavy (non-hydrogen) atoms. The average Bonchev–Trinajstić information content (AvgIpc) is 3.42. The van der Waals surface area contributed by atoms with E-state index >= 15 is 0 Å². The minimum atomic E-state index is -0.139. The van der Waals surface area contributed by atoms with Crippen molar-refractivity contribution in [2.45, 2.75) is 98.3 Å². The summed E-state index contributed by atoms with van der Waals surface area (Å²) in [4.78, 5) is 10.3. The van der Waals surface area contributed by atoms with Crippen molar-refractivity contribution in [1.29, 1.82) is 0 Å². The van der Waals surface area contributed by atoms with Crippen LogP contribution >= 0.6 is 0 Å². The van der Waals surface area contributed by atoms with E-state index < -0.39 is 0 Å². The SMILES string of the molecule is CC(C)c1cccc(C(C)(C)C)c1-n1c(-c2ccccc2O)nc2c(-c3cccc(-c4cc(C(C)(C)C)ccn4)c3)cc(C(C)(C)C)cc21. The number of phenolic OH excluding ortho intramolecular Hbond substituents is 1. The second kappa shape index (κ2) is 12.3. The molecule has 0 aliphatic heterocycles. The normalized spacial score (nSPS) is 12.7. The Balaban J connectivity index is 1.75. The molecular weight excluding hydrogens is 599 g/mol. The van der Waals surface area contributed by atoms with Crippen LogP contribution in [0.15, 0.2) is 97.2 Å². The van der Waals surface area contributed by atoms with E-state index in [1.54, 1.807) is 6.07 Å². The summed E-state index contributed by atoms with van der Waals surface area (Å²) in [6.45, 7) is 24.8. The number of para-hydroxylation sites is 2. The quantitative estimate of drug-likeness (QED) is 0.202. The Morgan fingerprint density at radius 1 is 0.633 bits per heavy atom. The van der Waals surface area contributed by atoms with Gasteiger partial charge in [0.1, 0.15) is 11.6 Å². The minimum Gasteiger partial charge on any atom is -0.507 e. The summed E-state index contributed by atoms with van der Waals surface area (Å²) in [5.74, 6) is 1.21. The smallest absolute Gasteiger partial charge is 0.149 e. The van der Waals surface area contributed by atoms with Gasteiger partial charge in [0.15, 0.2) is 0 Å². The molecule has 2 heterocycles. The van der Waals surface area contributed by atoms with E-state index in [0.717, 1.165) is 44.9 Å². The molecule has 0 unspecified atom stereocenters. The van der Waals surface area contributed by atoms with Crippen molar-refractivity contribution >= 4 is 11.0 Å². The minimum absolute atomic E-state index is 0.0208. The standard InChI is InChI=1S/C45H51N3O/c1-28(2)33-19-15-20-36(45(9,10)11)41(33)48-38-27-32(44(6,7)8)25-35(40(38)47-42(48)34-18-12-13-21-39(34)49)29-16-14-17-30(24-29)37-26-31(22-23-46-37)43(3,4)5/h12-28,49H,1-11H3. The van der Waals surface area contributed by atoms with Crippen LogP contribution in [0, 0.1) is 0 Å². The Kier molecular flexibility index (Phi) is 8.59. The maximum Gasteiger partial charge on any atom is 0.149 e. The van der Waals surface area contributed by atoms with E-state index in [1.165, 1.54) is 22.3 Å². The van der Waals surface area contributed by atoms with Crippen LogP contribution in [-0.4, -0.2) is 19.6 Å². The van der Waals surface area contributed by atoms with Gasteiger partial charge in [-0.25, -0.2) is 4.98 Å². The molecule has 0 saturated carbocycles. The molecule has 0 amide bonds. The number of phenols is 1. The fourth-order valence-corrected chi connectivity index (χ4v) is 6.68. The highest BCUT2D eigenvalue weighted by Crippen LogP contribution is 2.44. The summed E-state index contributed by atoms with van der Waals surface area (Å²) in [7, 11) is 0. The second-order valence-electron chi connectivity index (χ2n) is 16.8. The largest absolute Gasteiger partial charge is 0.507 e. The lowest BCUT2D eigenvalue weighted by Crippen LogP contribution is -2.18. The second-order valence-corrected chi connectivity index (χ2v) is 16.8.